The Bertz CT molecular complexity index is 1280. The van der Waals surface area contributed by atoms with Gasteiger partial charge in [-0.15, -0.1) is 6.58 Å². The fourth-order valence-corrected chi connectivity index (χ4v) is 3.43. The van der Waals surface area contributed by atoms with Crippen LogP contribution in [0.4, 0.5) is 5.82 Å². The molecule has 3 aromatic rings. The number of nitrogens with zero attached hydrogens (tertiary/aromatic N) is 2. The standard InChI is InChI=1S/C26H24ClN3O5/c1-4-7-19-8-5-6-9-22(19)33-10-11-34-25-21(27)14-18(15-23(25)32-3)13-20(16-28)26(31)29-24-12-17(2)35-30-24/h4-6,8-9,12-15H,1,7,10-11H2,2-3H3,(H,29,30,31). The van der Waals surface area contributed by atoms with E-state index in [-0.39, 0.29) is 29.6 Å². The van der Waals surface area contributed by atoms with Crippen molar-refractivity contribution in [3.05, 3.63) is 82.6 Å². The first-order chi connectivity index (χ1) is 16.9. The monoisotopic (exact) mass is 493 g/mol. The predicted octanol–water partition coefficient (Wildman–Crippen LogP) is 5.38. The number of para-hydroxylation sites is 1. The summed E-state index contributed by atoms with van der Waals surface area (Å²) < 4.78 is 22.0. The maximum Gasteiger partial charge on any atom is 0.267 e. The van der Waals surface area contributed by atoms with Crippen LogP contribution in [0.3, 0.4) is 0 Å². The summed E-state index contributed by atoms with van der Waals surface area (Å²) in [5.74, 6) is 1.54. The summed E-state index contributed by atoms with van der Waals surface area (Å²) in [5.41, 5.74) is 1.37. The van der Waals surface area contributed by atoms with Crippen LogP contribution in [0.2, 0.25) is 5.02 Å². The molecule has 0 fully saturated rings. The SMILES string of the molecule is C=CCc1ccccc1OCCOc1c(Cl)cc(C=C(C#N)C(=O)Nc2cc(C)on2)cc1OC. The number of hydrogen-bond acceptors (Lipinski definition) is 7. The van der Waals surface area contributed by atoms with Crippen LogP contribution in [0.1, 0.15) is 16.9 Å². The lowest BCUT2D eigenvalue weighted by Crippen LogP contribution is -2.13. The summed E-state index contributed by atoms with van der Waals surface area (Å²) in [5, 5.41) is 15.9. The van der Waals surface area contributed by atoms with Crippen molar-refractivity contribution in [1.82, 2.24) is 5.16 Å². The van der Waals surface area contributed by atoms with E-state index < -0.39 is 5.91 Å². The molecule has 1 N–H and O–H groups in total. The second-order valence-corrected chi connectivity index (χ2v) is 7.69. The molecular formula is C26H24ClN3O5. The van der Waals surface area contributed by atoms with Gasteiger partial charge in [0, 0.05) is 6.07 Å². The summed E-state index contributed by atoms with van der Waals surface area (Å²) in [4.78, 5) is 12.4. The third-order valence-corrected chi connectivity index (χ3v) is 5.00. The van der Waals surface area contributed by atoms with E-state index in [1.807, 2.05) is 36.4 Å². The van der Waals surface area contributed by atoms with E-state index in [1.54, 1.807) is 25.1 Å². The van der Waals surface area contributed by atoms with Crippen LogP contribution in [0.5, 0.6) is 17.2 Å². The Morgan fingerprint density at radius 1 is 1.23 bits per heavy atom. The van der Waals surface area contributed by atoms with Crippen molar-refractivity contribution in [2.75, 3.05) is 25.6 Å². The maximum absolute atomic E-state index is 12.4. The largest absolute Gasteiger partial charge is 0.493 e. The van der Waals surface area contributed by atoms with E-state index in [0.29, 0.717) is 29.2 Å². The molecule has 3 rings (SSSR count). The van der Waals surface area contributed by atoms with Gasteiger partial charge in [-0.2, -0.15) is 5.26 Å². The summed E-state index contributed by atoms with van der Waals surface area (Å²) in [7, 11) is 1.47. The number of amides is 1. The van der Waals surface area contributed by atoms with E-state index in [1.165, 1.54) is 13.2 Å². The number of halogens is 1. The van der Waals surface area contributed by atoms with Gasteiger partial charge in [-0.1, -0.05) is 41.0 Å². The molecule has 0 saturated carbocycles. The average molecular weight is 494 g/mol. The van der Waals surface area contributed by atoms with Crippen molar-refractivity contribution in [1.29, 1.82) is 5.26 Å². The van der Waals surface area contributed by atoms with Gasteiger partial charge in [-0.05, 0) is 48.7 Å². The number of ether oxygens (including phenoxy) is 3. The molecule has 0 unspecified atom stereocenters. The number of aryl methyl sites for hydroxylation is 1. The molecule has 0 saturated heterocycles. The Labute approximate surface area is 208 Å². The van der Waals surface area contributed by atoms with Crippen molar-refractivity contribution in [2.24, 2.45) is 0 Å². The van der Waals surface area contributed by atoms with Gasteiger partial charge in [0.25, 0.3) is 5.91 Å². The highest BCUT2D eigenvalue weighted by Gasteiger charge is 2.15. The number of anilines is 1. The molecule has 8 nitrogen and oxygen atoms in total. The summed E-state index contributed by atoms with van der Waals surface area (Å²) in [6.07, 6.45) is 3.91. The normalized spacial score (nSPS) is 10.9. The molecule has 0 spiro atoms. The van der Waals surface area contributed by atoms with Crippen LogP contribution in [-0.4, -0.2) is 31.4 Å². The number of nitrogens with one attached hydrogen (secondary N) is 1. The van der Waals surface area contributed by atoms with E-state index in [2.05, 4.69) is 17.1 Å². The van der Waals surface area contributed by atoms with Gasteiger partial charge in [-0.25, -0.2) is 0 Å². The summed E-state index contributed by atoms with van der Waals surface area (Å²) >= 11 is 6.42. The predicted molar refractivity (Wildman–Crippen MR) is 133 cm³/mol. The van der Waals surface area contributed by atoms with E-state index in [0.717, 1.165) is 11.3 Å². The number of carbonyl (C=O) groups excluding carboxylic acids is 1. The van der Waals surface area contributed by atoms with E-state index >= 15 is 0 Å². The quantitative estimate of drug-likeness (QED) is 0.165. The van der Waals surface area contributed by atoms with Crippen LogP contribution in [-0.2, 0) is 11.2 Å². The van der Waals surface area contributed by atoms with Gasteiger partial charge < -0.3 is 24.1 Å². The molecule has 0 radical (unpaired) electrons. The van der Waals surface area contributed by atoms with Crippen LogP contribution in [0.15, 0.2) is 65.2 Å². The van der Waals surface area contributed by atoms with Crippen LogP contribution in [0, 0.1) is 18.3 Å². The Balaban J connectivity index is 1.68. The third-order valence-electron chi connectivity index (χ3n) is 4.72. The minimum Gasteiger partial charge on any atom is -0.493 e. The van der Waals surface area contributed by atoms with E-state index in [9.17, 15) is 10.1 Å². The zero-order chi connectivity index (χ0) is 25.2. The molecular weight excluding hydrogens is 470 g/mol. The Morgan fingerprint density at radius 3 is 2.69 bits per heavy atom. The minimum atomic E-state index is -0.634. The fourth-order valence-electron chi connectivity index (χ4n) is 3.15. The molecule has 1 heterocycles. The number of allylic oxidation sites excluding steroid dienone is 1. The molecule has 180 valence electrons. The smallest absolute Gasteiger partial charge is 0.267 e. The Kier molecular flexibility index (Phi) is 8.93. The number of aromatic nitrogens is 1. The average Bonchev–Trinajstić information content (AvgIpc) is 3.26. The second kappa shape index (κ2) is 12.3. The molecule has 35 heavy (non-hydrogen) atoms. The molecule has 2 aromatic carbocycles. The van der Waals surface area contributed by atoms with Crippen LogP contribution < -0.4 is 19.5 Å². The van der Waals surface area contributed by atoms with Gasteiger partial charge in [0.15, 0.2) is 17.3 Å². The van der Waals surface area contributed by atoms with Crippen LogP contribution >= 0.6 is 11.6 Å². The zero-order valence-corrected chi connectivity index (χ0v) is 20.1. The lowest BCUT2D eigenvalue weighted by molar-refractivity contribution is -0.112. The lowest BCUT2D eigenvalue weighted by Gasteiger charge is -2.15. The zero-order valence-electron chi connectivity index (χ0n) is 19.3. The summed E-state index contributed by atoms with van der Waals surface area (Å²) in [6, 6.07) is 14.3. The van der Waals surface area contributed by atoms with E-state index in [4.69, 9.17) is 30.3 Å². The minimum absolute atomic E-state index is 0.149. The molecule has 0 aliphatic rings. The van der Waals surface area contributed by atoms with Crippen LogP contribution in [0.25, 0.3) is 6.08 Å². The molecule has 9 heteroatoms. The molecule has 0 bridgehead atoms. The first kappa shape index (κ1) is 25.4. The highest BCUT2D eigenvalue weighted by molar-refractivity contribution is 6.32. The molecule has 0 aliphatic carbocycles. The number of rotatable bonds is 11. The maximum atomic E-state index is 12.4. The number of nitriles is 1. The molecule has 0 atom stereocenters. The van der Waals surface area contributed by atoms with Gasteiger partial charge in [0.05, 0.1) is 12.1 Å². The Morgan fingerprint density at radius 2 is 2.00 bits per heavy atom. The third kappa shape index (κ3) is 6.88. The van der Waals surface area contributed by atoms with Crippen molar-refractivity contribution >= 4 is 29.4 Å². The summed E-state index contributed by atoms with van der Waals surface area (Å²) in [6.45, 7) is 5.96. The molecule has 1 amide bonds. The second-order valence-electron chi connectivity index (χ2n) is 7.28. The molecule has 1 aromatic heterocycles. The van der Waals surface area contributed by atoms with Gasteiger partial charge in [-0.3, -0.25) is 4.79 Å². The number of benzene rings is 2. The van der Waals surface area contributed by atoms with Crippen molar-refractivity contribution in [3.8, 4) is 23.3 Å². The van der Waals surface area contributed by atoms with Gasteiger partial charge in [0.1, 0.15) is 36.4 Å². The highest BCUT2D eigenvalue weighted by atomic mass is 35.5. The topological polar surface area (TPSA) is 107 Å². The van der Waals surface area contributed by atoms with Crippen molar-refractivity contribution in [3.63, 3.8) is 0 Å². The molecule has 0 aliphatic heterocycles. The highest BCUT2D eigenvalue weighted by Crippen LogP contribution is 2.37. The van der Waals surface area contributed by atoms with Crippen molar-refractivity contribution < 1.29 is 23.5 Å². The first-order valence-corrected chi connectivity index (χ1v) is 11.0. The van der Waals surface area contributed by atoms with Gasteiger partial charge >= 0.3 is 0 Å². The number of methoxy groups -OCH3 is 1. The lowest BCUT2D eigenvalue weighted by atomic mass is 10.1. The first-order valence-electron chi connectivity index (χ1n) is 10.6. The Hall–Kier alpha value is -4.22. The number of hydrogen-bond donors (Lipinski definition) is 1. The number of carbonyl (C=O) groups is 1. The van der Waals surface area contributed by atoms with Gasteiger partial charge in [0.2, 0.25) is 0 Å². The fraction of sp³-hybridized carbons (Fsp3) is 0.192. The van der Waals surface area contributed by atoms with Crippen molar-refractivity contribution in [2.45, 2.75) is 13.3 Å².